The fourth-order valence-corrected chi connectivity index (χ4v) is 2.40. The Morgan fingerprint density at radius 1 is 1.12 bits per heavy atom. The molecule has 0 radical (unpaired) electrons. The van der Waals surface area contributed by atoms with Crippen LogP contribution in [0, 0.1) is 0 Å². The van der Waals surface area contributed by atoms with Gasteiger partial charge in [-0.2, -0.15) is 0 Å². The summed E-state index contributed by atoms with van der Waals surface area (Å²) in [4.78, 5) is 36.9. The van der Waals surface area contributed by atoms with Gasteiger partial charge in [0.25, 0.3) is 5.91 Å². The van der Waals surface area contributed by atoms with Gasteiger partial charge in [-0.05, 0) is 45.0 Å². The van der Waals surface area contributed by atoms with Gasteiger partial charge >= 0.3 is 6.09 Å². The van der Waals surface area contributed by atoms with Crippen molar-refractivity contribution < 1.29 is 19.1 Å². The molecule has 2 rings (SSSR count). The molecule has 138 valence electrons. The molecule has 7 nitrogen and oxygen atoms in total. The highest BCUT2D eigenvalue weighted by molar-refractivity contribution is 6.34. The normalized spacial score (nSPS) is 11.0. The lowest BCUT2D eigenvalue weighted by molar-refractivity contribution is -0.119. The van der Waals surface area contributed by atoms with Crippen LogP contribution in [0.4, 0.5) is 4.79 Å². The molecule has 0 unspecified atom stereocenters. The summed E-state index contributed by atoms with van der Waals surface area (Å²) in [6, 6.07) is 9.69. The monoisotopic (exact) mass is 377 g/mol. The number of amides is 2. The number of ketones is 1. The van der Waals surface area contributed by atoms with E-state index in [0.717, 1.165) is 5.12 Å². The molecule has 0 bridgehead atoms. The van der Waals surface area contributed by atoms with Gasteiger partial charge in [0.2, 0.25) is 5.78 Å². The number of rotatable bonds is 3. The van der Waals surface area contributed by atoms with E-state index >= 15 is 0 Å². The first-order valence-corrected chi connectivity index (χ1v) is 8.25. The average Bonchev–Trinajstić information content (AvgIpc) is 2.99. The SMILES string of the molecule is CC(=O)N(NC(=O)OC(C)(C)C)n1cccc1C(=O)c1ccccc1Cl. The minimum Gasteiger partial charge on any atom is -0.443 e. The predicted molar refractivity (Wildman–Crippen MR) is 97.6 cm³/mol. The van der Waals surface area contributed by atoms with E-state index in [1.54, 1.807) is 51.1 Å². The molecule has 1 aromatic heterocycles. The fourth-order valence-electron chi connectivity index (χ4n) is 2.18. The number of nitrogens with one attached hydrogen (secondary N) is 1. The van der Waals surface area contributed by atoms with Crippen LogP contribution in [0.15, 0.2) is 42.6 Å². The number of halogens is 1. The quantitative estimate of drug-likeness (QED) is 0.657. The molecule has 0 saturated carbocycles. The van der Waals surface area contributed by atoms with E-state index in [-0.39, 0.29) is 11.3 Å². The number of hydrogen-bond donors (Lipinski definition) is 1. The summed E-state index contributed by atoms with van der Waals surface area (Å²) in [6.45, 7) is 6.35. The van der Waals surface area contributed by atoms with Crippen molar-refractivity contribution in [2.45, 2.75) is 33.3 Å². The lowest BCUT2D eigenvalue weighted by atomic mass is 10.1. The van der Waals surface area contributed by atoms with Crippen molar-refractivity contribution in [3.05, 3.63) is 58.9 Å². The minimum atomic E-state index is -0.822. The molecule has 0 fully saturated rings. The number of carbonyl (C=O) groups excluding carboxylic acids is 3. The number of nitrogens with zero attached hydrogens (tertiary/aromatic N) is 2. The fraction of sp³-hybridized carbons (Fsp3) is 0.278. The van der Waals surface area contributed by atoms with Gasteiger partial charge < -0.3 is 4.74 Å². The van der Waals surface area contributed by atoms with Gasteiger partial charge in [-0.15, -0.1) is 5.12 Å². The van der Waals surface area contributed by atoms with Crippen molar-refractivity contribution in [2.75, 3.05) is 5.12 Å². The van der Waals surface area contributed by atoms with Gasteiger partial charge in [0.05, 0.1) is 5.02 Å². The molecule has 2 aromatic rings. The zero-order valence-electron chi connectivity index (χ0n) is 14.9. The summed E-state index contributed by atoms with van der Waals surface area (Å²) in [7, 11) is 0. The third kappa shape index (κ3) is 4.64. The zero-order chi connectivity index (χ0) is 19.5. The van der Waals surface area contributed by atoms with Crippen molar-refractivity contribution in [1.82, 2.24) is 10.1 Å². The van der Waals surface area contributed by atoms with Crippen LogP contribution in [0.1, 0.15) is 43.7 Å². The van der Waals surface area contributed by atoms with E-state index in [1.807, 2.05) is 0 Å². The lowest BCUT2D eigenvalue weighted by Gasteiger charge is -2.27. The topological polar surface area (TPSA) is 80.6 Å². The number of ether oxygens (including phenoxy) is 1. The van der Waals surface area contributed by atoms with Crippen LogP contribution in [0.25, 0.3) is 0 Å². The first kappa shape index (κ1) is 19.5. The molecule has 2 amide bonds. The summed E-state index contributed by atoms with van der Waals surface area (Å²) in [5, 5.41) is 1.19. The Kier molecular flexibility index (Phi) is 5.72. The largest absolute Gasteiger partial charge is 0.443 e. The van der Waals surface area contributed by atoms with Crippen LogP contribution in [-0.4, -0.2) is 28.1 Å². The third-order valence-electron chi connectivity index (χ3n) is 3.19. The maximum atomic E-state index is 12.8. The summed E-state index contributed by atoms with van der Waals surface area (Å²) in [5.41, 5.74) is 2.04. The number of benzene rings is 1. The van der Waals surface area contributed by atoms with Gasteiger partial charge in [0.1, 0.15) is 11.3 Å². The highest BCUT2D eigenvalue weighted by Gasteiger charge is 2.24. The second-order valence-corrected chi connectivity index (χ2v) is 6.90. The molecule has 0 spiro atoms. The summed E-state index contributed by atoms with van der Waals surface area (Å²) in [6.07, 6.45) is 0.653. The van der Waals surface area contributed by atoms with Crippen molar-refractivity contribution in [1.29, 1.82) is 0 Å². The van der Waals surface area contributed by atoms with Crippen LogP contribution >= 0.6 is 11.6 Å². The van der Waals surface area contributed by atoms with Crippen molar-refractivity contribution >= 4 is 29.4 Å². The van der Waals surface area contributed by atoms with Crippen molar-refractivity contribution in [3.63, 3.8) is 0 Å². The van der Waals surface area contributed by atoms with Gasteiger partial charge in [-0.25, -0.2) is 14.9 Å². The van der Waals surface area contributed by atoms with E-state index in [4.69, 9.17) is 16.3 Å². The van der Waals surface area contributed by atoms with Crippen LogP contribution in [-0.2, 0) is 9.53 Å². The van der Waals surface area contributed by atoms with E-state index in [2.05, 4.69) is 5.43 Å². The Morgan fingerprint density at radius 2 is 1.77 bits per heavy atom. The van der Waals surface area contributed by atoms with Gasteiger partial charge in [-0.3, -0.25) is 9.59 Å². The highest BCUT2D eigenvalue weighted by atomic mass is 35.5. The second-order valence-electron chi connectivity index (χ2n) is 6.49. The summed E-state index contributed by atoms with van der Waals surface area (Å²) >= 11 is 6.09. The van der Waals surface area contributed by atoms with Crippen molar-refractivity contribution in [3.8, 4) is 0 Å². The Hall–Kier alpha value is -2.80. The molecule has 0 aliphatic rings. The number of hydrazine groups is 1. The molecule has 0 saturated heterocycles. The smallest absolute Gasteiger partial charge is 0.428 e. The average molecular weight is 378 g/mol. The van der Waals surface area contributed by atoms with E-state index in [9.17, 15) is 14.4 Å². The second kappa shape index (κ2) is 7.61. The summed E-state index contributed by atoms with van der Waals surface area (Å²) < 4.78 is 6.39. The Morgan fingerprint density at radius 3 is 2.35 bits per heavy atom. The van der Waals surface area contributed by atoms with Crippen LogP contribution in [0.3, 0.4) is 0 Å². The van der Waals surface area contributed by atoms with E-state index < -0.39 is 23.4 Å². The standard InChI is InChI=1S/C18H20ClN3O4/c1-12(23)22(20-17(25)26-18(2,3)4)21-11-7-10-15(21)16(24)13-8-5-6-9-14(13)19/h5-11H,1-4H3,(H,20,25). The first-order chi connectivity index (χ1) is 12.1. The Balaban J connectivity index is 2.34. The first-order valence-electron chi connectivity index (χ1n) is 7.87. The molecule has 0 atom stereocenters. The molecular weight excluding hydrogens is 358 g/mol. The van der Waals surface area contributed by atoms with Crippen LogP contribution in [0.5, 0.6) is 0 Å². The van der Waals surface area contributed by atoms with Crippen molar-refractivity contribution in [2.24, 2.45) is 0 Å². The molecule has 26 heavy (non-hydrogen) atoms. The number of hydrogen-bond acceptors (Lipinski definition) is 4. The zero-order valence-corrected chi connectivity index (χ0v) is 15.7. The molecule has 1 heterocycles. The minimum absolute atomic E-state index is 0.157. The lowest BCUT2D eigenvalue weighted by Crippen LogP contribution is -2.54. The van der Waals surface area contributed by atoms with Crippen LogP contribution < -0.4 is 10.5 Å². The highest BCUT2D eigenvalue weighted by Crippen LogP contribution is 2.19. The van der Waals surface area contributed by atoms with Gasteiger partial charge in [0.15, 0.2) is 0 Å². The maximum Gasteiger partial charge on any atom is 0.428 e. The van der Waals surface area contributed by atoms with E-state index in [0.29, 0.717) is 5.02 Å². The predicted octanol–water partition coefficient (Wildman–Crippen LogP) is 3.30. The van der Waals surface area contributed by atoms with Crippen LogP contribution in [0.2, 0.25) is 5.02 Å². The molecule has 0 aliphatic heterocycles. The number of carbonyl (C=O) groups is 3. The van der Waals surface area contributed by atoms with E-state index in [1.165, 1.54) is 23.9 Å². The number of aromatic nitrogens is 1. The maximum absolute atomic E-state index is 12.8. The molecule has 0 aliphatic carbocycles. The summed E-state index contributed by atoms with van der Waals surface area (Å²) in [5.74, 6) is -0.905. The Bertz CT molecular complexity index is 839. The molecule has 1 N–H and O–H groups in total. The molecular formula is C18H20ClN3O4. The van der Waals surface area contributed by atoms with Gasteiger partial charge in [0, 0.05) is 18.7 Å². The molecule has 1 aromatic carbocycles. The third-order valence-corrected chi connectivity index (χ3v) is 3.52. The molecule has 8 heteroatoms. The van der Waals surface area contributed by atoms with Gasteiger partial charge in [-0.1, -0.05) is 23.7 Å². The Labute approximate surface area is 156 Å².